The van der Waals surface area contributed by atoms with Crippen molar-refractivity contribution >= 4 is 15.0 Å². The summed E-state index contributed by atoms with van der Waals surface area (Å²) in [7, 11) is -7.73. The van der Waals surface area contributed by atoms with Crippen LogP contribution in [0.4, 0.5) is 0 Å². The van der Waals surface area contributed by atoms with Crippen molar-refractivity contribution < 1.29 is 29.1 Å². The van der Waals surface area contributed by atoms with Gasteiger partial charge in [-0.2, -0.15) is 4.44 Å². The minimum Gasteiger partial charge on any atom is -0.384 e. The second-order valence-corrected chi connectivity index (χ2v) is 8.32. The van der Waals surface area contributed by atoms with E-state index in [0.717, 1.165) is 20.9 Å². The van der Waals surface area contributed by atoms with Gasteiger partial charge in [0.05, 0.1) is 0 Å². The van der Waals surface area contributed by atoms with E-state index in [1.807, 2.05) is 0 Å². The Labute approximate surface area is 82.0 Å². The molecule has 0 saturated carbocycles. The highest BCUT2D eigenvalue weighted by Gasteiger charge is 2.45. The van der Waals surface area contributed by atoms with Crippen LogP contribution in [0.2, 0.25) is 0 Å². The molecule has 0 fully saturated rings. The zero-order chi connectivity index (χ0) is 11.7. The van der Waals surface area contributed by atoms with Crippen LogP contribution in [-0.4, -0.2) is 43.2 Å². The van der Waals surface area contributed by atoms with Gasteiger partial charge in [-0.25, -0.2) is 4.57 Å². The number of nitrogens with zero attached hydrogens (tertiary/aromatic N) is 1. The quantitative estimate of drug-likeness (QED) is 0.515. The third kappa shape index (κ3) is 2.64. The van der Waals surface area contributed by atoms with Crippen LogP contribution in [0, 0.1) is 0 Å². The van der Waals surface area contributed by atoms with Crippen molar-refractivity contribution in [3.8, 4) is 0 Å². The van der Waals surface area contributed by atoms with Crippen molar-refractivity contribution in [1.82, 2.24) is 4.44 Å². The van der Waals surface area contributed by atoms with E-state index in [2.05, 4.69) is 0 Å². The van der Waals surface area contributed by atoms with E-state index < -0.39 is 26.7 Å². The molecule has 0 rings (SSSR count). The molecule has 0 aromatic carbocycles. The molecule has 2 unspecified atom stereocenters. The molecule has 0 bridgehead atoms. The number of hydrogen-bond donors (Lipinski definition) is 4. The van der Waals surface area contributed by atoms with E-state index in [0.29, 0.717) is 0 Å². The van der Waals surface area contributed by atoms with E-state index in [9.17, 15) is 9.13 Å². The van der Waals surface area contributed by atoms with Crippen LogP contribution >= 0.6 is 15.0 Å². The predicted molar refractivity (Wildman–Crippen MR) is 50.8 cm³/mol. The maximum Gasteiger partial charge on any atom is 0.408 e. The fraction of sp³-hybridized carbons (Fsp3) is 1.00. The van der Waals surface area contributed by atoms with Gasteiger partial charge in [-0.1, -0.05) is 0 Å². The second kappa shape index (κ2) is 4.41. The summed E-state index contributed by atoms with van der Waals surface area (Å²) in [5.74, 6) is -3.03. The monoisotopic (exact) mass is 247 g/mol. The lowest BCUT2D eigenvalue weighted by atomic mass is 10.9. The summed E-state index contributed by atoms with van der Waals surface area (Å²) >= 11 is 0. The van der Waals surface area contributed by atoms with Crippen LogP contribution in [0.25, 0.3) is 0 Å². The zero-order valence-electron chi connectivity index (χ0n) is 8.10. The Kier molecular flexibility index (Phi) is 4.49. The van der Waals surface area contributed by atoms with Crippen molar-refractivity contribution in [2.45, 2.75) is 25.5 Å². The molecule has 2 atom stereocenters. The molecule has 0 saturated heterocycles. The molecular weight excluding hydrogens is 232 g/mol. The third-order valence-corrected chi connectivity index (χ3v) is 7.24. The molecule has 0 spiro atoms. The minimum absolute atomic E-state index is 0.245. The third-order valence-electron chi connectivity index (χ3n) is 1.90. The summed E-state index contributed by atoms with van der Waals surface area (Å²) < 4.78 is 23.0. The maximum atomic E-state index is 11.9. The fourth-order valence-electron chi connectivity index (χ4n) is 0.978. The highest BCUT2D eigenvalue weighted by molar-refractivity contribution is 7.72. The van der Waals surface area contributed by atoms with Gasteiger partial charge >= 0.3 is 7.75 Å². The first-order valence-electron chi connectivity index (χ1n) is 3.80. The van der Waals surface area contributed by atoms with Crippen LogP contribution in [0.1, 0.15) is 13.8 Å². The molecule has 7 nitrogen and oxygen atoms in total. The first-order valence-corrected chi connectivity index (χ1v) is 7.16. The summed E-state index contributed by atoms with van der Waals surface area (Å²) in [6.07, 6.45) is 0. The Morgan fingerprint density at radius 1 is 1.07 bits per heavy atom. The standard InChI is InChI=1S/C5H15NO6P2/c1-4(7)13(9,5(2)8)6(3)14(10,11)12/h4-5,7-8H,1-3H3,(H2,10,11,12). The molecule has 14 heavy (non-hydrogen) atoms. The van der Waals surface area contributed by atoms with Gasteiger partial charge in [-0.15, -0.1) is 0 Å². The van der Waals surface area contributed by atoms with Gasteiger partial charge in [0.25, 0.3) is 0 Å². The lowest BCUT2D eigenvalue weighted by molar-refractivity contribution is 0.212. The molecule has 0 aliphatic rings. The van der Waals surface area contributed by atoms with Crippen molar-refractivity contribution in [1.29, 1.82) is 0 Å². The smallest absolute Gasteiger partial charge is 0.384 e. The van der Waals surface area contributed by atoms with Gasteiger partial charge in [0.1, 0.15) is 11.7 Å². The average molecular weight is 247 g/mol. The van der Waals surface area contributed by atoms with Gasteiger partial charge in [-0.05, 0) is 13.8 Å². The van der Waals surface area contributed by atoms with Gasteiger partial charge in [0.15, 0.2) is 0 Å². The van der Waals surface area contributed by atoms with E-state index in [1.54, 1.807) is 0 Å². The summed E-state index contributed by atoms with van der Waals surface area (Å²) in [4.78, 5) is 17.5. The molecule has 0 aliphatic heterocycles. The molecule has 86 valence electrons. The molecule has 0 radical (unpaired) electrons. The molecule has 0 aromatic heterocycles. The Morgan fingerprint density at radius 2 is 1.36 bits per heavy atom. The SMILES string of the molecule is CC(O)P(=O)(C(C)O)N(C)P(=O)(O)O. The van der Waals surface area contributed by atoms with Crippen LogP contribution < -0.4 is 0 Å². The predicted octanol–water partition coefficient (Wildman–Crippen LogP) is -0.0344. The largest absolute Gasteiger partial charge is 0.408 e. The normalized spacial score (nSPS) is 21.7. The van der Waals surface area contributed by atoms with E-state index in [1.165, 1.54) is 0 Å². The average Bonchev–Trinajstić information content (AvgIpc) is 1.99. The van der Waals surface area contributed by atoms with Crippen LogP contribution in [0.5, 0.6) is 0 Å². The van der Waals surface area contributed by atoms with E-state index in [4.69, 9.17) is 20.0 Å². The Balaban J connectivity index is 5.26. The topological polar surface area (TPSA) is 118 Å². The van der Waals surface area contributed by atoms with Crippen molar-refractivity contribution in [2.75, 3.05) is 7.05 Å². The highest BCUT2D eigenvalue weighted by Crippen LogP contribution is 2.65. The Hall–Kier alpha value is 0.260. The zero-order valence-corrected chi connectivity index (χ0v) is 9.89. The van der Waals surface area contributed by atoms with E-state index >= 15 is 0 Å². The second-order valence-electron chi connectivity index (χ2n) is 2.94. The number of aliphatic hydroxyl groups is 2. The fourth-order valence-corrected chi connectivity index (χ4v) is 4.92. The number of aliphatic hydroxyl groups excluding tert-OH is 2. The highest BCUT2D eigenvalue weighted by atomic mass is 31.2. The molecule has 4 N–H and O–H groups in total. The molecule has 0 amide bonds. The van der Waals surface area contributed by atoms with Crippen LogP contribution in [0.3, 0.4) is 0 Å². The van der Waals surface area contributed by atoms with Crippen molar-refractivity contribution in [3.63, 3.8) is 0 Å². The molecule has 0 heterocycles. The molecule has 0 aromatic rings. The van der Waals surface area contributed by atoms with E-state index in [-0.39, 0.29) is 4.44 Å². The van der Waals surface area contributed by atoms with Gasteiger partial charge in [-0.3, -0.25) is 0 Å². The molecular formula is C5H15NO6P2. The molecule has 0 aliphatic carbocycles. The summed E-state index contributed by atoms with van der Waals surface area (Å²) in [6.45, 7) is 2.22. The van der Waals surface area contributed by atoms with Crippen molar-refractivity contribution in [3.05, 3.63) is 0 Å². The van der Waals surface area contributed by atoms with Gasteiger partial charge in [0.2, 0.25) is 7.29 Å². The van der Waals surface area contributed by atoms with Crippen LogP contribution in [0.15, 0.2) is 0 Å². The summed E-state index contributed by atoms with van der Waals surface area (Å²) in [5.41, 5.74) is 0. The maximum absolute atomic E-state index is 11.9. The number of hydrogen-bond acceptors (Lipinski definition) is 4. The summed E-state index contributed by atoms with van der Waals surface area (Å²) in [6, 6.07) is 0. The lowest BCUT2D eigenvalue weighted by Crippen LogP contribution is -2.25. The van der Waals surface area contributed by atoms with Gasteiger partial charge in [0, 0.05) is 7.05 Å². The first-order chi connectivity index (χ1) is 6.04. The van der Waals surface area contributed by atoms with Crippen molar-refractivity contribution in [2.24, 2.45) is 0 Å². The van der Waals surface area contributed by atoms with Crippen LogP contribution in [-0.2, 0) is 9.13 Å². The molecule has 9 heteroatoms. The summed E-state index contributed by atoms with van der Waals surface area (Å²) in [5, 5.41) is 18.3. The number of rotatable bonds is 4. The Morgan fingerprint density at radius 3 is 1.43 bits per heavy atom. The Bertz CT molecular complexity index is 272. The first kappa shape index (κ1) is 14.3. The minimum atomic E-state index is -4.74. The lowest BCUT2D eigenvalue weighted by Gasteiger charge is -2.32. The van der Waals surface area contributed by atoms with Gasteiger partial charge < -0.3 is 24.6 Å².